The molecule has 0 bridgehead atoms. The van der Waals surface area contributed by atoms with Crippen molar-refractivity contribution >= 4 is 11.6 Å². The minimum Gasteiger partial charge on any atom is -0.323 e. The van der Waals surface area contributed by atoms with Gasteiger partial charge in [-0.3, -0.25) is 4.79 Å². The van der Waals surface area contributed by atoms with Gasteiger partial charge in [-0.2, -0.15) is 0 Å². The van der Waals surface area contributed by atoms with Crippen molar-refractivity contribution in [1.29, 1.82) is 0 Å². The SMILES string of the molecule is Cc1ccc(F)c(NC(=O)C2CCNC2C)c1. The van der Waals surface area contributed by atoms with Crippen LogP contribution in [0.25, 0.3) is 0 Å². The fourth-order valence-corrected chi connectivity index (χ4v) is 2.18. The fourth-order valence-electron chi connectivity index (χ4n) is 2.18. The predicted octanol–water partition coefficient (Wildman–Crippen LogP) is 2.07. The molecule has 1 fully saturated rings. The Kier molecular flexibility index (Phi) is 3.43. The maximum atomic E-state index is 13.5. The van der Waals surface area contributed by atoms with E-state index in [0.29, 0.717) is 0 Å². The lowest BCUT2D eigenvalue weighted by Gasteiger charge is -2.15. The van der Waals surface area contributed by atoms with Crippen molar-refractivity contribution in [2.75, 3.05) is 11.9 Å². The molecule has 92 valence electrons. The molecule has 0 radical (unpaired) electrons. The Morgan fingerprint density at radius 2 is 2.29 bits per heavy atom. The summed E-state index contributed by atoms with van der Waals surface area (Å²) in [6.45, 7) is 4.69. The normalized spacial score (nSPS) is 23.7. The minimum atomic E-state index is -0.387. The van der Waals surface area contributed by atoms with Gasteiger partial charge in [-0.15, -0.1) is 0 Å². The molecule has 1 aromatic rings. The van der Waals surface area contributed by atoms with E-state index in [1.807, 2.05) is 13.8 Å². The average molecular weight is 236 g/mol. The van der Waals surface area contributed by atoms with Crippen molar-refractivity contribution < 1.29 is 9.18 Å². The van der Waals surface area contributed by atoms with Gasteiger partial charge in [0.05, 0.1) is 11.6 Å². The van der Waals surface area contributed by atoms with Crippen LogP contribution in [0.3, 0.4) is 0 Å². The second-order valence-electron chi connectivity index (χ2n) is 4.61. The second-order valence-corrected chi connectivity index (χ2v) is 4.61. The molecule has 3 nitrogen and oxygen atoms in total. The van der Waals surface area contributed by atoms with Crippen LogP contribution in [0.5, 0.6) is 0 Å². The van der Waals surface area contributed by atoms with Crippen LogP contribution in [0.4, 0.5) is 10.1 Å². The van der Waals surface area contributed by atoms with E-state index in [4.69, 9.17) is 0 Å². The lowest BCUT2D eigenvalue weighted by atomic mass is 10.0. The van der Waals surface area contributed by atoms with Crippen LogP contribution >= 0.6 is 0 Å². The van der Waals surface area contributed by atoms with E-state index in [1.54, 1.807) is 12.1 Å². The molecule has 1 amide bonds. The van der Waals surface area contributed by atoms with E-state index in [9.17, 15) is 9.18 Å². The zero-order chi connectivity index (χ0) is 12.4. The van der Waals surface area contributed by atoms with Crippen LogP contribution in [0, 0.1) is 18.7 Å². The summed E-state index contributed by atoms with van der Waals surface area (Å²) in [5.41, 5.74) is 1.20. The van der Waals surface area contributed by atoms with Gasteiger partial charge in [-0.1, -0.05) is 6.07 Å². The summed E-state index contributed by atoms with van der Waals surface area (Å²) >= 11 is 0. The van der Waals surface area contributed by atoms with Crippen molar-refractivity contribution in [2.45, 2.75) is 26.3 Å². The van der Waals surface area contributed by atoms with Gasteiger partial charge in [0.1, 0.15) is 5.82 Å². The summed E-state index contributed by atoms with van der Waals surface area (Å²) in [6.07, 6.45) is 0.806. The lowest BCUT2D eigenvalue weighted by molar-refractivity contribution is -0.120. The maximum Gasteiger partial charge on any atom is 0.229 e. The predicted molar refractivity (Wildman–Crippen MR) is 65.3 cm³/mol. The lowest BCUT2D eigenvalue weighted by Crippen LogP contribution is -2.32. The third kappa shape index (κ3) is 2.64. The van der Waals surface area contributed by atoms with Crippen molar-refractivity contribution in [3.8, 4) is 0 Å². The number of carbonyl (C=O) groups excluding carboxylic acids is 1. The topological polar surface area (TPSA) is 41.1 Å². The summed E-state index contributed by atoms with van der Waals surface area (Å²) in [6, 6.07) is 4.87. The van der Waals surface area contributed by atoms with Gasteiger partial charge in [-0.25, -0.2) is 4.39 Å². The zero-order valence-corrected chi connectivity index (χ0v) is 10.1. The van der Waals surface area contributed by atoms with E-state index in [2.05, 4.69) is 10.6 Å². The number of amides is 1. The molecule has 0 saturated carbocycles. The van der Waals surface area contributed by atoms with Crippen LogP contribution in [-0.4, -0.2) is 18.5 Å². The molecular formula is C13H17FN2O. The summed E-state index contributed by atoms with van der Waals surface area (Å²) in [5.74, 6) is -0.565. The summed E-state index contributed by atoms with van der Waals surface area (Å²) < 4.78 is 13.5. The highest BCUT2D eigenvalue weighted by molar-refractivity contribution is 5.93. The van der Waals surface area contributed by atoms with Gasteiger partial charge < -0.3 is 10.6 Å². The van der Waals surface area contributed by atoms with Crippen molar-refractivity contribution in [2.24, 2.45) is 5.92 Å². The third-order valence-corrected chi connectivity index (χ3v) is 3.24. The Morgan fingerprint density at radius 1 is 1.53 bits per heavy atom. The molecule has 1 heterocycles. The Hall–Kier alpha value is -1.42. The highest BCUT2D eigenvalue weighted by atomic mass is 19.1. The number of nitrogens with one attached hydrogen (secondary N) is 2. The minimum absolute atomic E-state index is 0.0742. The van der Waals surface area contributed by atoms with Gasteiger partial charge in [0.15, 0.2) is 0 Å². The number of aryl methyl sites for hydroxylation is 1. The van der Waals surface area contributed by atoms with E-state index < -0.39 is 0 Å². The highest BCUT2D eigenvalue weighted by Crippen LogP contribution is 2.20. The Labute approximate surface area is 100 Å². The van der Waals surface area contributed by atoms with Gasteiger partial charge >= 0.3 is 0 Å². The maximum absolute atomic E-state index is 13.5. The zero-order valence-electron chi connectivity index (χ0n) is 10.1. The third-order valence-electron chi connectivity index (χ3n) is 3.24. The van der Waals surface area contributed by atoms with Gasteiger partial charge in [0.2, 0.25) is 5.91 Å². The standard InChI is InChI=1S/C13H17FN2O/c1-8-3-4-11(14)12(7-8)16-13(17)10-5-6-15-9(10)2/h3-4,7,9-10,15H,5-6H2,1-2H3,(H,16,17). The summed E-state index contributed by atoms with van der Waals surface area (Å²) in [7, 11) is 0. The molecule has 1 saturated heterocycles. The quantitative estimate of drug-likeness (QED) is 0.825. The number of carbonyl (C=O) groups is 1. The van der Waals surface area contributed by atoms with E-state index in [-0.39, 0.29) is 29.4 Å². The van der Waals surface area contributed by atoms with Crippen molar-refractivity contribution in [1.82, 2.24) is 5.32 Å². The van der Waals surface area contributed by atoms with Gasteiger partial charge in [0, 0.05) is 6.04 Å². The fraction of sp³-hybridized carbons (Fsp3) is 0.462. The number of halogens is 1. The molecule has 0 aromatic heterocycles. The van der Waals surface area contributed by atoms with Crippen LogP contribution in [0.15, 0.2) is 18.2 Å². The number of anilines is 1. The first-order chi connectivity index (χ1) is 8.08. The van der Waals surface area contributed by atoms with E-state index >= 15 is 0 Å². The number of benzene rings is 1. The first-order valence-electron chi connectivity index (χ1n) is 5.88. The highest BCUT2D eigenvalue weighted by Gasteiger charge is 2.29. The molecule has 0 aliphatic carbocycles. The molecule has 2 N–H and O–H groups in total. The van der Waals surface area contributed by atoms with Crippen molar-refractivity contribution in [3.63, 3.8) is 0 Å². The first kappa shape index (κ1) is 12.0. The first-order valence-corrected chi connectivity index (χ1v) is 5.88. The molecule has 0 spiro atoms. The molecule has 2 unspecified atom stereocenters. The second kappa shape index (κ2) is 4.84. The summed E-state index contributed by atoms with van der Waals surface area (Å²) in [4.78, 5) is 12.0. The van der Waals surface area contributed by atoms with E-state index in [0.717, 1.165) is 18.5 Å². The molecule has 4 heteroatoms. The Morgan fingerprint density at radius 3 is 2.94 bits per heavy atom. The average Bonchev–Trinajstić information content (AvgIpc) is 2.70. The van der Waals surface area contributed by atoms with Crippen LogP contribution in [0.2, 0.25) is 0 Å². The molecule has 2 rings (SSSR count). The van der Waals surface area contributed by atoms with Crippen molar-refractivity contribution in [3.05, 3.63) is 29.6 Å². The molecule has 1 aromatic carbocycles. The van der Waals surface area contributed by atoms with Gasteiger partial charge in [0.25, 0.3) is 0 Å². The van der Waals surface area contributed by atoms with Crippen LogP contribution in [0.1, 0.15) is 18.9 Å². The number of hydrogen-bond acceptors (Lipinski definition) is 2. The molecule has 1 aliphatic heterocycles. The monoisotopic (exact) mass is 236 g/mol. The van der Waals surface area contributed by atoms with Crippen LogP contribution < -0.4 is 10.6 Å². The smallest absolute Gasteiger partial charge is 0.229 e. The molecular weight excluding hydrogens is 219 g/mol. The largest absolute Gasteiger partial charge is 0.323 e. The van der Waals surface area contributed by atoms with Gasteiger partial charge in [-0.05, 0) is 44.5 Å². The molecule has 17 heavy (non-hydrogen) atoms. The van der Waals surface area contributed by atoms with E-state index in [1.165, 1.54) is 6.07 Å². The Balaban J connectivity index is 2.10. The van der Waals surface area contributed by atoms with Crippen LogP contribution in [-0.2, 0) is 4.79 Å². The number of hydrogen-bond donors (Lipinski definition) is 2. The summed E-state index contributed by atoms with van der Waals surface area (Å²) in [5, 5.41) is 5.88. The number of rotatable bonds is 2. The molecule has 2 atom stereocenters. The molecule has 1 aliphatic rings. The Bertz CT molecular complexity index is 433.